The van der Waals surface area contributed by atoms with Gasteiger partial charge >= 0.3 is 0 Å². The van der Waals surface area contributed by atoms with Gasteiger partial charge in [0.15, 0.2) is 0 Å². The Kier molecular flexibility index (Phi) is 11.0. The highest BCUT2D eigenvalue weighted by molar-refractivity contribution is 7.92. The van der Waals surface area contributed by atoms with Crippen LogP contribution >= 0.6 is 0 Å². The van der Waals surface area contributed by atoms with Crippen molar-refractivity contribution < 1.29 is 22.9 Å². The fourth-order valence-corrected chi connectivity index (χ4v) is 5.82. The Bertz CT molecular complexity index is 1450. The molecule has 0 unspecified atom stereocenters. The number of nitrogens with one attached hydrogen (secondary N) is 1. The Morgan fingerprint density at radius 3 is 2.17 bits per heavy atom. The van der Waals surface area contributed by atoms with E-state index in [2.05, 4.69) is 5.32 Å². The number of hydrogen-bond acceptors (Lipinski definition) is 6. The van der Waals surface area contributed by atoms with Crippen molar-refractivity contribution in [2.45, 2.75) is 57.5 Å². The summed E-state index contributed by atoms with van der Waals surface area (Å²) in [4.78, 5) is 39.3. The van der Waals surface area contributed by atoms with E-state index in [-0.39, 0.29) is 28.7 Å². The lowest BCUT2D eigenvalue weighted by Gasteiger charge is -2.33. The van der Waals surface area contributed by atoms with Crippen molar-refractivity contribution in [1.29, 1.82) is 0 Å². The van der Waals surface area contributed by atoms with Crippen molar-refractivity contribution in [2.24, 2.45) is 0 Å². The average Bonchev–Trinajstić information content (AvgIpc) is 2.97. The zero-order valence-corrected chi connectivity index (χ0v) is 24.3. The van der Waals surface area contributed by atoms with Crippen molar-refractivity contribution in [1.82, 2.24) is 10.2 Å². The number of aryl methyl sites for hydroxylation is 1. The molecule has 11 heteroatoms. The SMILES string of the molecule is CCCCNC(=O)[C@H](CC)N(Cc1ccccc1C)C(=O)CN(c1ccc([N+](=O)[O-])cc1)S(=O)(=O)c1ccccc1. The van der Waals surface area contributed by atoms with Gasteiger partial charge in [-0.3, -0.25) is 24.0 Å². The highest BCUT2D eigenvalue weighted by Crippen LogP contribution is 2.27. The van der Waals surface area contributed by atoms with Gasteiger partial charge in [-0.1, -0.05) is 62.7 Å². The summed E-state index contributed by atoms with van der Waals surface area (Å²) in [6.07, 6.45) is 2.00. The Hall–Kier alpha value is -4.25. The number of rotatable bonds is 14. The lowest BCUT2D eigenvalue weighted by atomic mass is 10.1. The minimum absolute atomic E-state index is 0.0408. The van der Waals surface area contributed by atoms with Crippen LogP contribution in [-0.2, 0) is 26.2 Å². The maximum absolute atomic E-state index is 14.1. The zero-order chi connectivity index (χ0) is 30.0. The number of amides is 2. The van der Waals surface area contributed by atoms with E-state index in [9.17, 15) is 28.1 Å². The molecule has 1 N–H and O–H groups in total. The fraction of sp³-hybridized carbons (Fsp3) is 0.333. The number of hydrogen-bond donors (Lipinski definition) is 1. The first-order chi connectivity index (χ1) is 19.6. The van der Waals surface area contributed by atoms with Gasteiger partial charge < -0.3 is 10.2 Å². The van der Waals surface area contributed by atoms with E-state index in [0.29, 0.717) is 13.0 Å². The van der Waals surface area contributed by atoms with Crippen LogP contribution in [0.3, 0.4) is 0 Å². The van der Waals surface area contributed by atoms with Crippen LogP contribution in [0.1, 0.15) is 44.2 Å². The van der Waals surface area contributed by atoms with Gasteiger partial charge in [0, 0.05) is 25.2 Å². The molecule has 3 aromatic rings. The molecule has 0 heterocycles. The maximum atomic E-state index is 14.1. The third-order valence-electron chi connectivity index (χ3n) is 6.78. The Balaban J connectivity index is 2.05. The molecule has 0 radical (unpaired) electrons. The molecule has 0 aromatic heterocycles. The second kappa shape index (κ2) is 14.4. The summed E-state index contributed by atoms with van der Waals surface area (Å²) < 4.78 is 28.6. The van der Waals surface area contributed by atoms with Crippen LogP contribution in [0.4, 0.5) is 11.4 Å². The molecule has 0 aliphatic rings. The summed E-state index contributed by atoms with van der Waals surface area (Å²) in [7, 11) is -4.25. The highest BCUT2D eigenvalue weighted by atomic mass is 32.2. The molecule has 218 valence electrons. The van der Waals surface area contributed by atoms with Gasteiger partial charge in [-0.05, 0) is 55.2 Å². The van der Waals surface area contributed by atoms with Gasteiger partial charge in [0.25, 0.3) is 15.7 Å². The number of nitro groups is 1. The molecule has 0 spiro atoms. The van der Waals surface area contributed by atoms with E-state index in [1.165, 1.54) is 41.3 Å². The number of carbonyl (C=O) groups is 2. The number of non-ortho nitro benzene ring substituents is 1. The molecule has 0 saturated heterocycles. The average molecular weight is 581 g/mol. The third-order valence-corrected chi connectivity index (χ3v) is 8.56. The van der Waals surface area contributed by atoms with Crippen molar-refractivity contribution in [3.05, 3.63) is 100 Å². The zero-order valence-electron chi connectivity index (χ0n) is 23.5. The first kappa shape index (κ1) is 31.3. The van der Waals surface area contributed by atoms with Gasteiger partial charge in [0.05, 0.1) is 15.5 Å². The van der Waals surface area contributed by atoms with Gasteiger partial charge in [-0.15, -0.1) is 0 Å². The van der Waals surface area contributed by atoms with Gasteiger partial charge in [-0.25, -0.2) is 8.42 Å². The number of carbonyl (C=O) groups excluding carboxylic acids is 2. The van der Waals surface area contributed by atoms with Crippen molar-refractivity contribution in [3.8, 4) is 0 Å². The molecule has 0 aliphatic carbocycles. The molecule has 41 heavy (non-hydrogen) atoms. The van der Waals surface area contributed by atoms with E-state index in [4.69, 9.17) is 0 Å². The van der Waals surface area contributed by atoms with E-state index >= 15 is 0 Å². The lowest BCUT2D eigenvalue weighted by Crippen LogP contribution is -2.52. The minimum atomic E-state index is -4.25. The number of unbranched alkanes of at least 4 members (excludes halogenated alkanes) is 1. The van der Waals surface area contributed by atoms with E-state index in [1.54, 1.807) is 25.1 Å². The first-order valence-corrected chi connectivity index (χ1v) is 15.0. The minimum Gasteiger partial charge on any atom is -0.354 e. The molecule has 0 aliphatic heterocycles. The monoisotopic (exact) mass is 580 g/mol. The summed E-state index contributed by atoms with van der Waals surface area (Å²) in [6.45, 7) is 5.68. The number of nitro benzene ring substituents is 1. The molecule has 10 nitrogen and oxygen atoms in total. The van der Waals surface area contributed by atoms with Gasteiger partial charge in [0.2, 0.25) is 11.8 Å². The molecule has 3 aromatic carbocycles. The van der Waals surface area contributed by atoms with Gasteiger partial charge in [-0.2, -0.15) is 0 Å². The standard InChI is InChI=1S/C30H36N4O6S/c1-4-6-20-31-30(36)28(5-2)32(21-24-13-11-10-12-23(24)3)29(35)22-33(25-16-18-26(19-17-25)34(37)38)41(39,40)27-14-8-7-9-15-27/h7-19,28H,4-6,20-22H2,1-3H3,(H,31,36)/t28-/m0/s1. The van der Waals surface area contributed by atoms with Crippen molar-refractivity contribution in [2.75, 3.05) is 17.4 Å². The Morgan fingerprint density at radius 1 is 0.951 bits per heavy atom. The number of benzene rings is 3. The number of anilines is 1. The van der Waals surface area contributed by atoms with Crippen LogP contribution in [0.5, 0.6) is 0 Å². The summed E-state index contributed by atoms with van der Waals surface area (Å²) in [6, 6.07) is 19.3. The summed E-state index contributed by atoms with van der Waals surface area (Å²) in [5.74, 6) is -0.890. The van der Waals surface area contributed by atoms with E-state index < -0.39 is 33.4 Å². The lowest BCUT2D eigenvalue weighted by molar-refractivity contribution is -0.384. The van der Waals surface area contributed by atoms with Crippen LogP contribution in [0.25, 0.3) is 0 Å². The van der Waals surface area contributed by atoms with Crippen molar-refractivity contribution in [3.63, 3.8) is 0 Å². The van der Waals surface area contributed by atoms with Crippen molar-refractivity contribution >= 4 is 33.2 Å². The van der Waals surface area contributed by atoms with Crippen LogP contribution in [0.15, 0.2) is 83.8 Å². The molecule has 3 rings (SSSR count). The quantitative estimate of drug-likeness (QED) is 0.165. The topological polar surface area (TPSA) is 130 Å². The molecule has 0 fully saturated rings. The normalized spacial score (nSPS) is 11.9. The van der Waals surface area contributed by atoms with E-state index in [0.717, 1.165) is 28.3 Å². The van der Waals surface area contributed by atoms with E-state index in [1.807, 2.05) is 38.1 Å². The summed E-state index contributed by atoms with van der Waals surface area (Å²) in [5.41, 5.74) is 1.63. The first-order valence-electron chi connectivity index (χ1n) is 13.5. The fourth-order valence-electron chi connectivity index (χ4n) is 4.39. The number of nitrogens with zero attached hydrogens (tertiary/aromatic N) is 3. The predicted molar refractivity (Wildman–Crippen MR) is 158 cm³/mol. The van der Waals surface area contributed by atoms with Crippen LogP contribution < -0.4 is 9.62 Å². The molecule has 1 atom stereocenters. The van der Waals surface area contributed by atoms with Crippen LogP contribution in [0, 0.1) is 17.0 Å². The number of sulfonamides is 1. The smallest absolute Gasteiger partial charge is 0.269 e. The second-order valence-corrected chi connectivity index (χ2v) is 11.5. The second-order valence-electron chi connectivity index (χ2n) is 9.61. The summed E-state index contributed by atoms with van der Waals surface area (Å²) in [5, 5.41) is 14.1. The molecular formula is C30H36N4O6S. The maximum Gasteiger partial charge on any atom is 0.269 e. The molecule has 0 bridgehead atoms. The molecule has 0 saturated carbocycles. The largest absolute Gasteiger partial charge is 0.354 e. The summed E-state index contributed by atoms with van der Waals surface area (Å²) >= 11 is 0. The molecule has 2 amide bonds. The third kappa shape index (κ3) is 7.91. The predicted octanol–water partition coefficient (Wildman–Crippen LogP) is 4.82. The van der Waals surface area contributed by atoms with Crippen LogP contribution in [-0.4, -0.2) is 49.2 Å². The highest BCUT2D eigenvalue weighted by Gasteiger charge is 2.34. The Morgan fingerprint density at radius 2 is 1.59 bits per heavy atom. The Labute approximate surface area is 241 Å². The van der Waals surface area contributed by atoms with Crippen LogP contribution in [0.2, 0.25) is 0 Å². The molecular weight excluding hydrogens is 544 g/mol. The van der Waals surface area contributed by atoms with Gasteiger partial charge in [0.1, 0.15) is 12.6 Å².